The fourth-order valence-corrected chi connectivity index (χ4v) is 2.97. The van der Waals surface area contributed by atoms with Crippen LogP contribution in [0, 0.1) is 0 Å². The van der Waals surface area contributed by atoms with E-state index in [1.54, 1.807) is 30.3 Å². The van der Waals surface area contributed by atoms with Crippen LogP contribution in [0.4, 0.5) is 4.39 Å². The van der Waals surface area contributed by atoms with Crippen LogP contribution in [0.2, 0.25) is 0 Å². The Labute approximate surface area is 150 Å². The SMILES string of the molecule is O=C(O)CC(NC(=O)[C@@H]1CCCCN1C(=O)c1ccccc1)C(=O)CF. The van der Waals surface area contributed by atoms with E-state index >= 15 is 0 Å². The minimum absolute atomic E-state index is 0.308. The molecule has 1 saturated heterocycles. The highest BCUT2D eigenvalue weighted by molar-refractivity contribution is 5.99. The molecule has 0 saturated carbocycles. The van der Waals surface area contributed by atoms with Crippen molar-refractivity contribution < 1.29 is 28.7 Å². The number of aliphatic carboxylic acids is 1. The molecule has 1 fully saturated rings. The molecule has 8 heteroatoms. The lowest BCUT2D eigenvalue weighted by Gasteiger charge is -2.35. The van der Waals surface area contributed by atoms with Crippen LogP contribution in [0.3, 0.4) is 0 Å². The molecule has 1 aliphatic rings. The van der Waals surface area contributed by atoms with Crippen LogP contribution < -0.4 is 5.32 Å². The van der Waals surface area contributed by atoms with E-state index in [9.17, 15) is 23.6 Å². The average molecular weight is 364 g/mol. The molecule has 1 aliphatic heterocycles. The van der Waals surface area contributed by atoms with E-state index < -0.39 is 42.8 Å². The van der Waals surface area contributed by atoms with Crippen molar-refractivity contribution in [2.45, 2.75) is 37.8 Å². The minimum atomic E-state index is -1.44. The van der Waals surface area contributed by atoms with Gasteiger partial charge < -0.3 is 15.3 Å². The molecule has 0 aliphatic carbocycles. The monoisotopic (exact) mass is 364 g/mol. The molecule has 7 nitrogen and oxygen atoms in total. The third-order valence-corrected chi connectivity index (χ3v) is 4.30. The van der Waals surface area contributed by atoms with Crippen molar-refractivity contribution in [3.05, 3.63) is 35.9 Å². The summed E-state index contributed by atoms with van der Waals surface area (Å²) in [4.78, 5) is 49.1. The van der Waals surface area contributed by atoms with Gasteiger partial charge in [-0.05, 0) is 31.4 Å². The van der Waals surface area contributed by atoms with Gasteiger partial charge in [0.25, 0.3) is 5.91 Å². The zero-order valence-electron chi connectivity index (χ0n) is 14.2. The molecular weight excluding hydrogens is 343 g/mol. The largest absolute Gasteiger partial charge is 0.481 e. The Morgan fingerprint density at radius 1 is 1.19 bits per heavy atom. The molecule has 1 heterocycles. The van der Waals surface area contributed by atoms with Gasteiger partial charge in [-0.2, -0.15) is 0 Å². The van der Waals surface area contributed by atoms with Crippen LogP contribution in [0.15, 0.2) is 30.3 Å². The van der Waals surface area contributed by atoms with Gasteiger partial charge in [0.05, 0.1) is 6.42 Å². The topological polar surface area (TPSA) is 104 Å². The zero-order valence-corrected chi connectivity index (χ0v) is 14.2. The van der Waals surface area contributed by atoms with E-state index in [1.807, 2.05) is 0 Å². The minimum Gasteiger partial charge on any atom is -0.481 e. The third kappa shape index (κ3) is 4.87. The summed E-state index contributed by atoms with van der Waals surface area (Å²) in [6.45, 7) is -0.984. The molecule has 0 bridgehead atoms. The summed E-state index contributed by atoms with van der Waals surface area (Å²) in [7, 11) is 0. The number of carboxylic acid groups (broad SMARTS) is 1. The number of hydrogen-bond donors (Lipinski definition) is 2. The van der Waals surface area contributed by atoms with Crippen molar-refractivity contribution in [3.8, 4) is 0 Å². The summed E-state index contributed by atoms with van der Waals surface area (Å²) in [6, 6.07) is 6.23. The summed E-state index contributed by atoms with van der Waals surface area (Å²) < 4.78 is 12.6. The Hall–Kier alpha value is -2.77. The smallest absolute Gasteiger partial charge is 0.305 e. The standard InChI is InChI=1S/C18H21FN2O5/c19-11-15(22)13(10-16(23)24)20-17(25)14-8-4-5-9-21(14)18(26)12-6-2-1-3-7-12/h1-3,6-7,13-14H,4-5,8-11H2,(H,20,25)(H,23,24)/t13?,14-/m0/s1. The Kier molecular flexibility index (Phi) is 6.82. The van der Waals surface area contributed by atoms with E-state index in [0.717, 1.165) is 12.8 Å². The number of nitrogens with zero attached hydrogens (tertiary/aromatic N) is 1. The van der Waals surface area contributed by atoms with Crippen molar-refractivity contribution in [2.24, 2.45) is 0 Å². The molecule has 1 aromatic rings. The summed E-state index contributed by atoms with van der Waals surface area (Å²) >= 11 is 0. The highest BCUT2D eigenvalue weighted by Gasteiger charge is 2.35. The maximum atomic E-state index is 12.7. The van der Waals surface area contributed by atoms with Crippen LogP contribution >= 0.6 is 0 Å². The number of hydrogen-bond acceptors (Lipinski definition) is 4. The molecular formula is C18H21FN2O5. The normalized spacial score (nSPS) is 18.0. The molecule has 1 aromatic carbocycles. The number of benzene rings is 1. The summed E-state index contributed by atoms with van der Waals surface area (Å²) in [5, 5.41) is 11.2. The number of carboxylic acids is 1. The van der Waals surface area contributed by atoms with Crippen molar-refractivity contribution in [2.75, 3.05) is 13.2 Å². The Bertz CT molecular complexity index is 679. The Morgan fingerprint density at radius 2 is 1.88 bits per heavy atom. The average Bonchev–Trinajstić information content (AvgIpc) is 2.66. The number of rotatable bonds is 7. The first-order valence-corrected chi connectivity index (χ1v) is 8.41. The third-order valence-electron chi connectivity index (χ3n) is 4.30. The second-order valence-electron chi connectivity index (χ2n) is 6.14. The zero-order chi connectivity index (χ0) is 19.1. The fraction of sp³-hybridized carbons (Fsp3) is 0.444. The number of ketones is 1. The molecule has 140 valence electrons. The molecule has 2 N–H and O–H groups in total. The van der Waals surface area contributed by atoms with E-state index in [-0.39, 0.29) is 5.91 Å². The van der Waals surface area contributed by atoms with Gasteiger partial charge in [-0.1, -0.05) is 18.2 Å². The van der Waals surface area contributed by atoms with Gasteiger partial charge in [-0.25, -0.2) is 4.39 Å². The summed E-state index contributed by atoms with van der Waals surface area (Å²) in [5.74, 6) is -3.27. The van der Waals surface area contributed by atoms with Crippen LogP contribution in [0.5, 0.6) is 0 Å². The number of halogens is 1. The molecule has 2 amide bonds. The molecule has 2 rings (SSSR count). The first-order chi connectivity index (χ1) is 12.4. The molecule has 26 heavy (non-hydrogen) atoms. The number of Topliss-reactive ketones (excluding diaryl/α,β-unsaturated/α-hetero) is 1. The van der Waals surface area contributed by atoms with Crippen LogP contribution in [0.25, 0.3) is 0 Å². The molecule has 1 unspecified atom stereocenters. The number of alkyl halides is 1. The highest BCUT2D eigenvalue weighted by Crippen LogP contribution is 2.20. The predicted octanol–water partition coefficient (Wildman–Crippen LogP) is 1.18. The first kappa shape index (κ1) is 19.6. The number of likely N-dealkylation sites (tertiary alicyclic amines) is 1. The van der Waals surface area contributed by atoms with Gasteiger partial charge in [0, 0.05) is 12.1 Å². The first-order valence-electron chi connectivity index (χ1n) is 8.41. The molecule has 0 radical (unpaired) electrons. The summed E-state index contributed by atoms with van der Waals surface area (Å²) in [5.41, 5.74) is 0.439. The lowest BCUT2D eigenvalue weighted by atomic mass is 9.99. The number of nitrogens with one attached hydrogen (secondary N) is 1. The van der Waals surface area contributed by atoms with Crippen LogP contribution in [-0.4, -0.2) is 58.9 Å². The van der Waals surface area contributed by atoms with Crippen molar-refractivity contribution in [1.82, 2.24) is 10.2 Å². The van der Waals surface area contributed by atoms with Gasteiger partial charge in [0.2, 0.25) is 5.91 Å². The lowest BCUT2D eigenvalue weighted by molar-refractivity contribution is -0.140. The maximum absolute atomic E-state index is 12.7. The number of piperidine rings is 1. The van der Waals surface area contributed by atoms with Gasteiger partial charge in [-0.15, -0.1) is 0 Å². The van der Waals surface area contributed by atoms with Crippen LogP contribution in [0.1, 0.15) is 36.0 Å². The molecule has 0 spiro atoms. The maximum Gasteiger partial charge on any atom is 0.305 e. The van der Waals surface area contributed by atoms with E-state index in [2.05, 4.69) is 5.32 Å². The number of amides is 2. The Morgan fingerprint density at radius 3 is 2.50 bits per heavy atom. The van der Waals surface area contributed by atoms with Gasteiger partial charge in [0.1, 0.15) is 18.8 Å². The van der Waals surface area contributed by atoms with Crippen molar-refractivity contribution in [1.29, 1.82) is 0 Å². The quantitative estimate of drug-likeness (QED) is 0.756. The number of carbonyl (C=O) groups excluding carboxylic acids is 3. The Balaban J connectivity index is 2.14. The highest BCUT2D eigenvalue weighted by atomic mass is 19.1. The predicted molar refractivity (Wildman–Crippen MR) is 90.3 cm³/mol. The fourth-order valence-electron chi connectivity index (χ4n) is 2.97. The number of carbonyl (C=O) groups is 4. The summed E-state index contributed by atoms with van der Waals surface area (Å²) in [6.07, 6.45) is 1.16. The van der Waals surface area contributed by atoms with Gasteiger partial charge in [-0.3, -0.25) is 19.2 Å². The second-order valence-corrected chi connectivity index (χ2v) is 6.14. The lowest BCUT2D eigenvalue weighted by Crippen LogP contribution is -2.55. The van der Waals surface area contributed by atoms with Gasteiger partial charge >= 0.3 is 5.97 Å². The van der Waals surface area contributed by atoms with Gasteiger partial charge in [0.15, 0.2) is 5.78 Å². The molecule has 2 atom stereocenters. The van der Waals surface area contributed by atoms with E-state index in [1.165, 1.54) is 4.90 Å². The second kappa shape index (κ2) is 9.07. The van der Waals surface area contributed by atoms with E-state index in [4.69, 9.17) is 5.11 Å². The molecule has 0 aromatic heterocycles. The van der Waals surface area contributed by atoms with Crippen molar-refractivity contribution >= 4 is 23.6 Å². The van der Waals surface area contributed by atoms with Crippen LogP contribution in [-0.2, 0) is 14.4 Å². The van der Waals surface area contributed by atoms with E-state index in [0.29, 0.717) is 18.5 Å². The van der Waals surface area contributed by atoms with Crippen molar-refractivity contribution in [3.63, 3.8) is 0 Å².